The molecule has 33 heavy (non-hydrogen) atoms. The zero-order valence-corrected chi connectivity index (χ0v) is 20.3. The highest BCUT2D eigenvalue weighted by Crippen LogP contribution is 2.34. The summed E-state index contributed by atoms with van der Waals surface area (Å²) in [6, 6.07) is 4.41. The van der Waals surface area contributed by atoms with Crippen LogP contribution in [0, 0.1) is 40.7 Å². The van der Waals surface area contributed by atoms with E-state index in [1.54, 1.807) is 6.07 Å². The maximum Gasteiger partial charge on any atom is 0.309 e. The number of esters is 1. The molecule has 1 aliphatic rings. The van der Waals surface area contributed by atoms with Gasteiger partial charge in [0.25, 0.3) is 0 Å². The van der Waals surface area contributed by atoms with Gasteiger partial charge >= 0.3 is 5.97 Å². The topological polar surface area (TPSA) is 116 Å². The molecule has 0 bridgehead atoms. The second-order valence-corrected chi connectivity index (χ2v) is 9.65. The Morgan fingerprint density at radius 1 is 1.30 bits per heavy atom. The first-order valence-corrected chi connectivity index (χ1v) is 11.7. The molecule has 0 aliphatic carbocycles. The summed E-state index contributed by atoms with van der Waals surface area (Å²) in [4.78, 5) is 37.2. The summed E-state index contributed by atoms with van der Waals surface area (Å²) in [5.74, 6) is -1.49. The van der Waals surface area contributed by atoms with Gasteiger partial charge in [-0.2, -0.15) is 0 Å². The fourth-order valence-electron chi connectivity index (χ4n) is 4.46. The van der Waals surface area contributed by atoms with Crippen LogP contribution in [0.2, 0.25) is 0 Å². The Labute approximate surface area is 195 Å². The largest absolute Gasteiger partial charge is 0.455 e. The summed E-state index contributed by atoms with van der Waals surface area (Å²) in [7, 11) is 0. The Morgan fingerprint density at radius 3 is 2.55 bits per heavy atom. The molecule has 0 radical (unpaired) electrons. The van der Waals surface area contributed by atoms with Gasteiger partial charge in [-0.1, -0.05) is 39.8 Å². The van der Waals surface area contributed by atoms with Gasteiger partial charge in [-0.15, -0.1) is 0 Å². The molecule has 2 rings (SSSR count). The number of carbonyl (C=O) groups is 2. The van der Waals surface area contributed by atoms with Gasteiger partial charge in [0.15, 0.2) is 11.9 Å². The van der Waals surface area contributed by atoms with Crippen molar-refractivity contribution < 1.29 is 29.1 Å². The molecular formula is C25H37NO7. The van der Waals surface area contributed by atoms with Crippen molar-refractivity contribution in [2.75, 3.05) is 13.4 Å². The van der Waals surface area contributed by atoms with Crippen LogP contribution in [0.25, 0.3) is 0 Å². The third-order valence-electron chi connectivity index (χ3n) is 6.66. The molecule has 184 valence electrons. The monoisotopic (exact) mass is 463 g/mol. The number of ether oxygens (including phenoxy) is 2. The zero-order valence-electron chi connectivity index (χ0n) is 20.3. The van der Waals surface area contributed by atoms with E-state index in [4.69, 9.17) is 14.6 Å². The van der Waals surface area contributed by atoms with Crippen molar-refractivity contribution in [1.82, 2.24) is 0 Å². The minimum atomic E-state index is -1.12. The van der Waals surface area contributed by atoms with Crippen LogP contribution in [0.4, 0.5) is 0 Å². The SMILES string of the molecule is Cc1ccc(C(=O)[C@@H](C[C@@H]([C@@H]2C[C@@H](C(C)C)C(=O)O2)[N+](=O)[O-])C(C)C)cc1CCCOCO. The number of rotatable bonds is 13. The van der Waals surface area contributed by atoms with Gasteiger partial charge in [0, 0.05) is 35.9 Å². The number of nitro groups is 1. The summed E-state index contributed by atoms with van der Waals surface area (Å²) >= 11 is 0. The number of Topliss-reactive ketones (excluding diaryl/α,β-unsaturated/α-hetero) is 1. The molecule has 1 N–H and O–H groups in total. The third kappa shape index (κ3) is 7.08. The van der Waals surface area contributed by atoms with Crippen molar-refractivity contribution in [2.45, 2.75) is 72.4 Å². The number of cyclic esters (lactones) is 1. The van der Waals surface area contributed by atoms with Crippen molar-refractivity contribution in [3.8, 4) is 0 Å². The molecule has 1 saturated heterocycles. The first kappa shape index (κ1) is 26.9. The molecule has 1 fully saturated rings. The first-order valence-electron chi connectivity index (χ1n) is 11.7. The Bertz CT molecular complexity index is 836. The maximum absolute atomic E-state index is 13.4. The summed E-state index contributed by atoms with van der Waals surface area (Å²) in [5.41, 5.74) is 2.60. The van der Waals surface area contributed by atoms with Crippen LogP contribution in [-0.2, 0) is 20.7 Å². The molecule has 0 unspecified atom stereocenters. The summed E-state index contributed by atoms with van der Waals surface area (Å²) < 4.78 is 10.4. The maximum atomic E-state index is 13.4. The lowest BCUT2D eigenvalue weighted by molar-refractivity contribution is -0.535. The van der Waals surface area contributed by atoms with E-state index in [9.17, 15) is 19.7 Å². The van der Waals surface area contributed by atoms with Gasteiger partial charge in [0.2, 0.25) is 6.04 Å². The molecule has 0 amide bonds. The van der Waals surface area contributed by atoms with Crippen LogP contribution in [0.1, 0.15) is 68.4 Å². The number of aryl methyl sites for hydroxylation is 2. The van der Waals surface area contributed by atoms with Gasteiger partial charge in [0.1, 0.15) is 6.79 Å². The summed E-state index contributed by atoms with van der Waals surface area (Å²) in [5, 5.41) is 20.7. The molecule has 1 aromatic rings. The van der Waals surface area contributed by atoms with Crippen molar-refractivity contribution in [3.05, 3.63) is 45.0 Å². The van der Waals surface area contributed by atoms with Gasteiger partial charge in [0.05, 0.1) is 5.92 Å². The molecule has 0 spiro atoms. The van der Waals surface area contributed by atoms with Crippen LogP contribution >= 0.6 is 0 Å². The predicted octanol–water partition coefficient (Wildman–Crippen LogP) is 3.97. The predicted molar refractivity (Wildman–Crippen MR) is 123 cm³/mol. The highest BCUT2D eigenvalue weighted by Gasteiger charge is 2.47. The number of carbonyl (C=O) groups excluding carboxylic acids is 2. The highest BCUT2D eigenvalue weighted by atomic mass is 16.6. The van der Waals surface area contributed by atoms with Gasteiger partial charge < -0.3 is 14.6 Å². The zero-order chi connectivity index (χ0) is 24.7. The smallest absolute Gasteiger partial charge is 0.309 e. The Hall–Kier alpha value is -2.32. The first-order chi connectivity index (χ1) is 15.6. The van der Waals surface area contributed by atoms with Gasteiger partial charge in [-0.25, -0.2) is 0 Å². The molecule has 8 heteroatoms. The van der Waals surface area contributed by atoms with Crippen LogP contribution in [-0.4, -0.2) is 47.3 Å². The fraction of sp³-hybridized carbons (Fsp3) is 0.680. The molecule has 1 aliphatic heterocycles. The minimum Gasteiger partial charge on any atom is -0.455 e. The Balaban J connectivity index is 2.20. The number of nitrogens with zero attached hydrogens (tertiary/aromatic N) is 1. The van der Waals surface area contributed by atoms with Crippen molar-refractivity contribution in [2.24, 2.45) is 23.7 Å². The van der Waals surface area contributed by atoms with Gasteiger partial charge in [-0.3, -0.25) is 19.7 Å². The third-order valence-corrected chi connectivity index (χ3v) is 6.66. The Morgan fingerprint density at radius 2 is 2.00 bits per heavy atom. The van der Waals surface area contributed by atoms with E-state index >= 15 is 0 Å². The van der Waals surface area contributed by atoms with E-state index in [1.165, 1.54) is 0 Å². The minimum absolute atomic E-state index is 0.0276. The Kier molecular flexibility index (Phi) is 9.98. The molecule has 1 aromatic carbocycles. The van der Waals surface area contributed by atoms with Crippen LogP contribution < -0.4 is 0 Å². The number of ketones is 1. The highest BCUT2D eigenvalue weighted by molar-refractivity contribution is 5.98. The van der Waals surface area contributed by atoms with E-state index in [-0.39, 0.29) is 42.7 Å². The fourth-order valence-corrected chi connectivity index (χ4v) is 4.46. The van der Waals surface area contributed by atoms with E-state index in [0.29, 0.717) is 31.4 Å². The van der Waals surface area contributed by atoms with Crippen molar-refractivity contribution in [3.63, 3.8) is 0 Å². The van der Waals surface area contributed by atoms with Gasteiger partial charge in [-0.05, 0) is 48.8 Å². The molecule has 1 heterocycles. The summed E-state index contributed by atoms with van der Waals surface area (Å²) in [6.07, 6.45) is 0.936. The van der Waals surface area contributed by atoms with Crippen LogP contribution in [0.5, 0.6) is 0 Å². The molecular weight excluding hydrogens is 426 g/mol. The molecule has 0 saturated carbocycles. The van der Waals surface area contributed by atoms with E-state index < -0.39 is 23.0 Å². The molecule has 8 nitrogen and oxygen atoms in total. The van der Waals surface area contributed by atoms with Crippen LogP contribution in [0.3, 0.4) is 0 Å². The second kappa shape index (κ2) is 12.2. The number of hydrogen-bond acceptors (Lipinski definition) is 7. The number of aliphatic hydroxyl groups excluding tert-OH is 1. The second-order valence-electron chi connectivity index (χ2n) is 9.65. The quantitative estimate of drug-likeness (QED) is 0.117. The number of hydrogen-bond donors (Lipinski definition) is 1. The van der Waals surface area contributed by atoms with Crippen molar-refractivity contribution >= 4 is 11.8 Å². The van der Waals surface area contributed by atoms with E-state index in [1.807, 2.05) is 46.8 Å². The standard InChI is InChI=1S/C25H37NO7/c1-15(2)20(12-22(26(30)31)23-13-21(16(3)4)25(29)33-23)24(28)19-9-8-17(5)18(11-19)7-6-10-32-14-27/h8-9,11,15-16,20-23,27H,6-7,10,12-14H2,1-5H3/t20-,21-,22-,23-/m0/s1. The molecule has 4 atom stereocenters. The van der Waals surface area contributed by atoms with E-state index in [2.05, 4.69) is 0 Å². The van der Waals surface area contributed by atoms with Crippen LogP contribution in [0.15, 0.2) is 18.2 Å². The number of aliphatic hydroxyl groups is 1. The lowest BCUT2D eigenvalue weighted by Gasteiger charge is -2.24. The lowest BCUT2D eigenvalue weighted by Crippen LogP contribution is -2.38. The molecule has 0 aromatic heterocycles. The van der Waals surface area contributed by atoms with Crippen molar-refractivity contribution in [1.29, 1.82) is 0 Å². The summed E-state index contributed by atoms with van der Waals surface area (Å²) in [6.45, 7) is 9.65. The average Bonchev–Trinajstić information content (AvgIpc) is 3.13. The normalized spacial score (nSPS) is 20.2. The van der Waals surface area contributed by atoms with E-state index in [0.717, 1.165) is 11.1 Å². The average molecular weight is 464 g/mol. The number of benzene rings is 1. The lowest BCUT2D eigenvalue weighted by atomic mass is 9.80.